The predicted molar refractivity (Wildman–Crippen MR) is 60.3 cm³/mol. The van der Waals surface area contributed by atoms with Crippen molar-refractivity contribution in [3.8, 4) is 0 Å². The van der Waals surface area contributed by atoms with Crippen LogP contribution in [0.3, 0.4) is 0 Å². The Morgan fingerprint density at radius 2 is 1.77 bits per heavy atom. The zero-order chi connectivity index (χ0) is 9.84. The summed E-state index contributed by atoms with van der Waals surface area (Å²) in [7, 11) is 0. The Morgan fingerprint density at radius 1 is 1.23 bits per heavy atom. The Labute approximate surface area is 84.7 Å². The van der Waals surface area contributed by atoms with Gasteiger partial charge >= 0.3 is 0 Å². The lowest BCUT2D eigenvalue weighted by atomic mass is 10.2. The highest BCUT2D eigenvalue weighted by atomic mass is 32.2. The fourth-order valence-corrected chi connectivity index (χ4v) is 2.35. The lowest BCUT2D eigenvalue weighted by Crippen LogP contribution is -2.12. The van der Waals surface area contributed by atoms with E-state index in [1.54, 1.807) is 0 Å². The van der Waals surface area contributed by atoms with E-state index in [1.165, 1.54) is 16.0 Å². The second-order valence-corrected chi connectivity index (χ2v) is 5.00. The maximum absolute atomic E-state index is 5.58. The van der Waals surface area contributed by atoms with Crippen molar-refractivity contribution < 1.29 is 0 Å². The summed E-state index contributed by atoms with van der Waals surface area (Å²) in [5.41, 5.74) is 8.23. The maximum Gasteiger partial charge on any atom is 0.0189 e. The maximum atomic E-state index is 5.58. The molecule has 0 spiro atoms. The molecule has 72 valence electrons. The van der Waals surface area contributed by atoms with Gasteiger partial charge < -0.3 is 5.73 Å². The van der Waals surface area contributed by atoms with Gasteiger partial charge in [0, 0.05) is 16.7 Å². The molecule has 0 fully saturated rings. The van der Waals surface area contributed by atoms with Crippen LogP contribution in [0, 0.1) is 13.8 Å². The minimum atomic E-state index is 0.501. The minimum Gasteiger partial charge on any atom is -0.329 e. The second kappa shape index (κ2) is 4.68. The summed E-state index contributed by atoms with van der Waals surface area (Å²) in [4.78, 5) is 1.33. The molecule has 0 radical (unpaired) electrons. The molecule has 0 aromatic heterocycles. The van der Waals surface area contributed by atoms with Crippen LogP contribution in [0.25, 0.3) is 0 Å². The van der Waals surface area contributed by atoms with Crippen LogP contribution in [0.4, 0.5) is 0 Å². The molecule has 1 atom stereocenters. The van der Waals surface area contributed by atoms with Gasteiger partial charge in [-0.3, -0.25) is 0 Å². The molecule has 0 aliphatic heterocycles. The highest BCUT2D eigenvalue weighted by molar-refractivity contribution is 8.00. The first-order valence-corrected chi connectivity index (χ1v) is 5.45. The molecule has 13 heavy (non-hydrogen) atoms. The normalized spacial score (nSPS) is 12.9. The van der Waals surface area contributed by atoms with Gasteiger partial charge in [-0.15, -0.1) is 11.8 Å². The van der Waals surface area contributed by atoms with Crippen molar-refractivity contribution in [1.29, 1.82) is 0 Å². The Balaban J connectivity index is 2.77. The molecule has 0 aliphatic rings. The molecule has 1 rings (SSSR count). The van der Waals surface area contributed by atoms with Gasteiger partial charge in [0.15, 0.2) is 0 Å². The lowest BCUT2D eigenvalue weighted by Gasteiger charge is -2.09. The van der Waals surface area contributed by atoms with Crippen molar-refractivity contribution in [1.82, 2.24) is 0 Å². The zero-order valence-electron chi connectivity index (χ0n) is 8.50. The highest BCUT2D eigenvalue weighted by Gasteiger charge is 2.02. The number of rotatable bonds is 3. The van der Waals surface area contributed by atoms with Crippen LogP contribution in [0.2, 0.25) is 0 Å². The van der Waals surface area contributed by atoms with Crippen LogP contribution < -0.4 is 5.73 Å². The van der Waals surface area contributed by atoms with E-state index < -0.39 is 0 Å². The first kappa shape index (κ1) is 10.6. The molecule has 0 aliphatic carbocycles. The van der Waals surface area contributed by atoms with Gasteiger partial charge in [0.05, 0.1) is 0 Å². The van der Waals surface area contributed by atoms with Crippen LogP contribution in [0.1, 0.15) is 18.1 Å². The summed E-state index contributed by atoms with van der Waals surface area (Å²) in [6, 6.07) is 6.62. The molecular formula is C11H17NS. The molecule has 0 bridgehead atoms. The van der Waals surface area contributed by atoms with Crippen LogP contribution in [0.15, 0.2) is 23.1 Å². The zero-order valence-corrected chi connectivity index (χ0v) is 9.32. The molecular weight excluding hydrogens is 178 g/mol. The van der Waals surface area contributed by atoms with Gasteiger partial charge in [-0.2, -0.15) is 0 Å². The van der Waals surface area contributed by atoms with Crippen LogP contribution >= 0.6 is 11.8 Å². The van der Waals surface area contributed by atoms with Gasteiger partial charge in [-0.25, -0.2) is 0 Å². The Hall–Kier alpha value is -0.470. The summed E-state index contributed by atoms with van der Waals surface area (Å²) in [6.07, 6.45) is 0. The monoisotopic (exact) mass is 195 g/mol. The Bertz CT molecular complexity index is 263. The van der Waals surface area contributed by atoms with E-state index in [4.69, 9.17) is 5.73 Å². The number of nitrogens with two attached hydrogens (primary N) is 1. The molecule has 1 nitrogen and oxygen atoms in total. The minimum absolute atomic E-state index is 0.501. The van der Waals surface area contributed by atoms with Gasteiger partial charge in [-0.05, 0) is 37.1 Å². The molecule has 0 saturated heterocycles. The molecule has 0 saturated carbocycles. The average molecular weight is 195 g/mol. The van der Waals surface area contributed by atoms with Crippen LogP contribution in [-0.4, -0.2) is 11.8 Å². The van der Waals surface area contributed by atoms with Gasteiger partial charge in [0.2, 0.25) is 0 Å². The van der Waals surface area contributed by atoms with E-state index >= 15 is 0 Å². The van der Waals surface area contributed by atoms with Gasteiger partial charge in [0.1, 0.15) is 0 Å². The predicted octanol–water partition coefficient (Wildman–Crippen LogP) is 2.74. The number of aryl methyl sites for hydroxylation is 2. The fraction of sp³-hybridized carbons (Fsp3) is 0.455. The topological polar surface area (TPSA) is 26.0 Å². The molecule has 0 amide bonds. The number of thioether (sulfide) groups is 1. The molecule has 2 heteroatoms. The van der Waals surface area contributed by atoms with Crippen molar-refractivity contribution in [3.63, 3.8) is 0 Å². The first-order chi connectivity index (χ1) is 6.11. The van der Waals surface area contributed by atoms with Crippen molar-refractivity contribution in [3.05, 3.63) is 29.3 Å². The van der Waals surface area contributed by atoms with E-state index in [2.05, 4.69) is 39.0 Å². The molecule has 0 heterocycles. The number of hydrogen-bond donors (Lipinski definition) is 1. The van der Waals surface area contributed by atoms with Crippen molar-refractivity contribution in [2.45, 2.75) is 30.9 Å². The van der Waals surface area contributed by atoms with Crippen LogP contribution in [0.5, 0.6) is 0 Å². The average Bonchev–Trinajstić information content (AvgIpc) is 2.02. The third-order valence-corrected chi connectivity index (χ3v) is 2.97. The molecule has 2 N–H and O–H groups in total. The summed E-state index contributed by atoms with van der Waals surface area (Å²) in [5.74, 6) is 0. The first-order valence-electron chi connectivity index (χ1n) is 4.57. The van der Waals surface area contributed by atoms with E-state index in [9.17, 15) is 0 Å². The Morgan fingerprint density at radius 3 is 2.23 bits per heavy atom. The number of hydrogen-bond acceptors (Lipinski definition) is 2. The van der Waals surface area contributed by atoms with Crippen molar-refractivity contribution in [2.24, 2.45) is 5.73 Å². The Kier molecular flexibility index (Phi) is 3.82. The standard InChI is InChI=1S/C11H17NS/c1-8-4-9(2)6-11(5-8)13-10(3)7-12/h4-6,10H,7,12H2,1-3H3. The summed E-state index contributed by atoms with van der Waals surface area (Å²) < 4.78 is 0. The lowest BCUT2D eigenvalue weighted by molar-refractivity contribution is 0.951. The van der Waals surface area contributed by atoms with E-state index in [-0.39, 0.29) is 0 Å². The third-order valence-electron chi connectivity index (χ3n) is 1.86. The smallest absolute Gasteiger partial charge is 0.0189 e. The molecule has 1 aromatic rings. The summed E-state index contributed by atoms with van der Waals surface area (Å²) >= 11 is 1.85. The van der Waals surface area contributed by atoms with Crippen LogP contribution in [-0.2, 0) is 0 Å². The number of benzene rings is 1. The quantitative estimate of drug-likeness (QED) is 0.750. The fourth-order valence-electron chi connectivity index (χ4n) is 1.28. The largest absolute Gasteiger partial charge is 0.329 e. The highest BCUT2D eigenvalue weighted by Crippen LogP contribution is 2.24. The summed E-state index contributed by atoms with van der Waals surface area (Å²) in [6.45, 7) is 7.15. The van der Waals surface area contributed by atoms with Crippen molar-refractivity contribution in [2.75, 3.05) is 6.54 Å². The third kappa shape index (κ3) is 3.41. The molecule has 1 aromatic carbocycles. The van der Waals surface area contributed by atoms with Crippen molar-refractivity contribution >= 4 is 11.8 Å². The second-order valence-electron chi connectivity index (χ2n) is 3.49. The van der Waals surface area contributed by atoms with E-state index in [0.29, 0.717) is 5.25 Å². The summed E-state index contributed by atoms with van der Waals surface area (Å²) in [5, 5.41) is 0.501. The van der Waals surface area contributed by atoms with Gasteiger partial charge in [0.25, 0.3) is 0 Å². The van der Waals surface area contributed by atoms with E-state index in [0.717, 1.165) is 6.54 Å². The molecule has 1 unspecified atom stereocenters. The SMILES string of the molecule is Cc1cc(C)cc(SC(C)CN)c1. The van der Waals surface area contributed by atoms with Gasteiger partial charge in [-0.1, -0.05) is 13.0 Å². The van der Waals surface area contributed by atoms with E-state index in [1.807, 2.05) is 11.8 Å².